The second kappa shape index (κ2) is 7.45. The van der Waals surface area contributed by atoms with E-state index in [0.29, 0.717) is 6.54 Å². The molecule has 7 nitrogen and oxygen atoms in total. The fourth-order valence-electron chi connectivity index (χ4n) is 3.06. The molecule has 2 N–H and O–H groups in total. The van der Waals surface area contributed by atoms with Crippen LogP contribution in [0.25, 0.3) is 10.2 Å². The van der Waals surface area contributed by atoms with E-state index in [2.05, 4.69) is 25.8 Å². The minimum Gasteiger partial charge on any atom is -0.376 e. The number of aromatic nitrogens is 2. The molecule has 1 atom stereocenters. The first-order valence-corrected chi connectivity index (χ1v) is 9.21. The van der Waals surface area contributed by atoms with Crippen LogP contribution in [0.2, 0.25) is 0 Å². The predicted octanol–water partition coefficient (Wildman–Crippen LogP) is 2.82. The van der Waals surface area contributed by atoms with E-state index in [0.717, 1.165) is 57.3 Å². The zero-order valence-electron chi connectivity index (χ0n) is 15.0. The van der Waals surface area contributed by atoms with Crippen molar-refractivity contribution >= 4 is 33.3 Å². The van der Waals surface area contributed by atoms with E-state index in [9.17, 15) is 4.79 Å². The summed E-state index contributed by atoms with van der Waals surface area (Å²) in [6, 6.07) is -0.319. The number of nitrogens with zero attached hydrogens (tertiary/aromatic N) is 3. The lowest BCUT2D eigenvalue weighted by Gasteiger charge is -2.10. The summed E-state index contributed by atoms with van der Waals surface area (Å²) < 4.78 is 5.48. The van der Waals surface area contributed by atoms with E-state index in [4.69, 9.17) is 4.74 Å². The third kappa shape index (κ3) is 3.96. The first-order valence-electron chi connectivity index (χ1n) is 8.40. The lowest BCUT2D eigenvalue weighted by molar-refractivity contribution is 0.111. The molecule has 0 bridgehead atoms. The molecule has 2 amide bonds. The van der Waals surface area contributed by atoms with Crippen LogP contribution in [0, 0.1) is 20.8 Å². The number of thiophene rings is 1. The molecule has 1 saturated heterocycles. The Kier molecular flexibility index (Phi) is 5.29. The quantitative estimate of drug-likeness (QED) is 0.647. The second-order valence-corrected chi connectivity index (χ2v) is 7.25. The van der Waals surface area contributed by atoms with E-state index < -0.39 is 0 Å². The van der Waals surface area contributed by atoms with Gasteiger partial charge in [-0.2, -0.15) is 5.10 Å². The van der Waals surface area contributed by atoms with Crippen LogP contribution in [-0.2, 0) is 4.74 Å². The summed E-state index contributed by atoms with van der Waals surface area (Å²) in [7, 11) is 0. The van der Waals surface area contributed by atoms with Gasteiger partial charge in [-0.25, -0.2) is 20.2 Å². The zero-order chi connectivity index (χ0) is 18.0. The van der Waals surface area contributed by atoms with E-state index in [1.165, 1.54) is 0 Å². The van der Waals surface area contributed by atoms with Gasteiger partial charge >= 0.3 is 6.03 Å². The number of aryl methyl sites for hydroxylation is 3. The summed E-state index contributed by atoms with van der Waals surface area (Å²) in [6.45, 7) is 9.09. The van der Waals surface area contributed by atoms with Gasteiger partial charge in [-0.15, -0.1) is 11.3 Å². The number of rotatable bonds is 4. The van der Waals surface area contributed by atoms with E-state index >= 15 is 0 Å². The smallest absolute Gasteiger partial charge is 0.335 e. The largest absolute Gasteiger partial charge is 0.376 e. The van der Waals surface area contributed by atoms with Crippen molar-refractivity contribution in [2.75, 3.05) is 13.2 Å². The Labute approximate surface area is 150 Å². The molecule has 1 aliphatic rings. The maximum absolute atomic E-state index is 11.9. The first-order chi connectivity index (χ1) is 12.0. The summed E-state index contributed by atoms with van der Waals surface area (Å²) in [5.41, 5.74) is 5.38. The first kappa shape index (κ1) is 17.8. The van der Waals surface area contributed by atoms with Crippen LogP contribution < -0.4 is 10.7 Å². The number of amides is 2. The molecule has 0 aromatic carbocycles. The Morgan fingerprint density at radius 3 is 2.88 bits per heavy atom. The van der Waals surface area contributed by atoms with Crippen molar-refractivity contribution in [2.24, 2.45) is 5.10 Å². The maximum Gasteiger partial charge on any atom is 0.335 e. The van der Waals surface area contributed by atoms with Gasteiger partial charge in [-0.1, -0.05) is 0 Å². The molecule has 8 heteroatoms. The van der Waals surface area contributed by atoms with Crippen LogP contribution in [0.3, 0.4) is 0 Å². The topological polar surface area (TPSA) is 88.5 Å². The molecule has 3 rings (SSSR count). The third-order valence-corrected chi connectivity index (χ3v) is 5.55. The van der Waals surface area contributed by atoms with Crippen LogP contribution in [0.4, 0.5) is 4.79 Å². The fourth-order valence-corrected chi connectivity index (χ4v) is 4.28. The third-order valence-electron chi connectivity index (χ3n) is 4.25. The number of ether oxygens (including phenoxy) is 1. The van der Waals surface area contributed by atoms with Gasteiger partial charge in [0.2, 0.25) is 0 Å². The second-order valence-electron chi connectivity index (χ2n) is 6.25. The highest BCUT2D eigenvalue weighted by Crippen LogP contribution is 2.31. The fraction of sp³-hybridized carbons (Fsp3) is 0.529. The molecular formula is C17H23N5O2S. The Hall–Kier alpha value is -2.06. The molecule has 0 saturated carbocycles. The van der Waals surface area contributed by atoms with E-state index in [1.54, 1.807) is 11.3 Å². The molecule has 1 aliphatic heterocycles. The van der Waals surface area contributed by atoms with Gasteiger partial charge in [-0.05, 0) is 46.1 Å². The van der Waals surface area contributed by atoms with Crippen LogP contribution in [0.5, 0.6) is 0 Å². The van der Waals surface area contributed by atoms with E-state index in [-0.39, 0.29) is 12.1 Å². The van der Waals surface area contributed by atoms with Gasteiger partial charge in [0.15, 0.2) is 0 Å². The predicted molar refractivity (Wildman–Crippen MR) is 99.3 cm³/mol. The minimum atomic E-state index is -0.319. The highest BCUT2D eigenvalue weighted by molar-refractivity contribution is 7.20. The van der Waals surface area contributed by atoms with Crippen molar-refractivity contribution in [1.29, 1.82) is 0 Å². The normalized spacial score (nSPS) is 17.9. The van der Waals surface area contributed by atoms with Gasteiger partial charge in [-0.3, -0.25) is 0 Å². The molecule has 2 aromatic heterocycles. The van der Waals surface area contributed by atoms with Crippen molar-refractivity contribution < 1.29 is 9.53 Å². The molecule has 3 heterocycles. The van der Waals surface area contributed by atoms with Crippen molar-refractivity contribution in [1.82, 2.24) is 20.7 Å². The van der Waals surface area contributed by atoms with Gasteiger partial charge < -0.3 is 10.1 Å². The van der Waals surface area contributed by atoms with Crippen LogP contribution in [-0.4, -0.2) is 41.0 Å². The number of carbonyl (C=O) groups is 1. The molecule has 134 valence electrons. The SMILES string of the molecule is C/C(=N\NC(=O)NCC1CCCO1)c1sc2nc(C)nc(C)c2c1C. The molecule has 0 aliphatic carbocycles. The van der Waals surface area contributed by atoms with Gasteiger partial charge in [0.05, 0.1) is 16.7 Å². The minimum absolute atomic E-state index is 0.116. The van der Waals surface area contributed by atoms with Crippen LogP contribution in [0.15, 0.2) is 5.10 Å². The Bertz CT molecular complexity index is 824. The summed E-state index contributed by atoms with van der Waals surface area (Å²) in [5, 5.41) is 8.08. The average Bonchev–Trinajstić information content (AvgIpc) is 3.18. The lowest BCUT2D eigenvalue weighted by atomic mass is 10.1. The van der Waals surface area contributed by atoms with Crippen LogP contribution in [0.1, 0.15) is 41.7 Å². The molecule has 0 spiro atoms. The summed E-state index contributed by atoms with van der Waals surface area (Å²) in [5.74, 6) is 0.763. The molecular weight excluding hydrogens is 338 g/mol. The number of fused-ring (bicyclic) bond motifs is 1. The van der Waals surface area contributed by atoms with Crippen molar-refractivity contribution in [3.05, 3.63) is 22.0 Å². The number of urea groups is 1. The lowest BCUT2D eigenvalue weighted by Crippen LogP contribution is -2.37. The van der Waals surface area contributed by atoms with Gasteiger partial charge in [0.25, 0.3) is 0 Å². The highest BCUT2D eigenvalue weighted by Gasteiger charge is 2.17. The maximum atomic E-state index is 11.9. The molecule has 25 heavy (non-hydrogen) atoms. The standard InChI is InChI=1S/C17H23N5O2S/c1-9-14-10(2)19-12(4)20-16(14)25-15(9)11(3)21-22-17(23)18-8-13-6-5-7-24-13/h13H,5-8H2,1-4H3,(H2,18,22,23)/b21-11+. The molecule has 2 aromatic rings. The van der Waals surface area contributed by atoms with Crippen LogP contribution >= 0.6 is 11.3 Å². The van der Waals surface area contributed by atoms with Crippen molar-refractivity contribution in [3.63, 3.8) is 0 Å². The zero-order valence-corrected chi connectivity index (χ0v) is 15.8. The molecule has 1 unspecified atom stereocenters. The van der Waals surface area contributed by atoms with Gasteiger partial charge in [0.1, 0.15) is 10.7 Å². The number of hydrazone groups is 1. The number of hydrogen-bond acceptors (Lipinski definition) is 6. The summed E-state index contributed by atoms with van der Waals surface area (Å²) in [6.07, 6.45) is 2.16. The van der Waals surface area contributed by atoms with Crippen molar-refractivity contribution in [3.8, 4) is 0 Å². The Balaban J connectivity index is 1.69. The molecule has 0 radical (unpaired) electrons. The number of carbonyl (C=O) groups excluding carboxylic acids is 1. The van der Waals surface area contributed by atoms with Gasteiger partial charge in [0, 0.05) is 24.2 Å². The highest BCUT2D eigenvalue weighted by atomic mass is 32.1. The van der Waals surface area contributed by atoms with Crippen molar-refractivity contribution in [2.45, 2.75) is 46.6 Å². The Morgan fingerprint density at radius 1 is 1.36 bits per heavy atom. The van der Waals surface area contributed by atoms with E-state index in [1.807, 2.05) is 27.7 Å². The monoisotopic (exact) mass is 361 g/mol. The number of nitrogens with one attached hydrogen (secondary N) is 2. The number of hydrogen-bond donors (Lipinski definition) is 2. The summed E-state index contributed by atoms with van der Waals surface area (Å²) >= 11 is 1.57. The average molecular weight is 361 g/mol. The molecule has 1 fully saturated rings. The Morgan fingerprint density at radius 2 is 2.16 bits per heavy atom. The summed E-state index contributed by atoms with van der Waals surface area (Å²) in [4.78, 5) is 22.8.